The molecule has 3 rings (SSSR count). The highest BCUT2D eigenvalue weighted by Crippen LogP contribution is 2.28. The van der Waals surface area contributed by atoms with Gasteiger partial charge in [-0.1, -0.05) is 23.7 Å². The Morgan fingerprint density at radius 3 is 2.27 bits per heavy atom. The van der Waals surface area contributed by atoms with Crippen molar-refractivity contribution in [3.8, 4) is 0 Å². The molecular weight excluding hydrogens is 422 g/mol. The first-order valence-electron chi connectivity index (χ1n) is 9.00. The summed E-state index contributed by atoms with van der Waals surface area (Å²) in [6.45, 7) is 1.99. The summed E-state index contributed by atoms with van der Waals surface area (Å²) in [5.74, 6) is -0.465. The number of ether oxygens (including phenoxy) is 1. The fourth-order valence-corrected chi connectivity index (χ4v) is 3.46. The second-order valence-electron chi connectivity index (χ2n) is 6.34. The third-order valence-electron chi connectivity index (χ3n) is 4.11. The first kappa shape index (κ1) is 21.5. The van der Waals surface area contributed by atoms with Gasteiger partial charge in [0.1, 0.15) is 0 Å². The van der Waals surface area contributed by atoms with E-state index in [1.165, 1.54) is 19.1 Å². The van der Waals surface area contributed by atoms with Crippen LogP contribution in [0.1, 0.15) is 15.9 Å². The zero-order chi connectivity index (χ0) is 21.5. The molecule has 0 radical (unpaired) electrons. The van der Waals surface area contributed by atoms with E-state index < -0.39 is 12.0 Å². The second kappa shape index (κ2) is 10.0. The number of urea groups is 1. The summed E-state index contributed by atoms with van der Waals surface area (Å²) in [7, 11) is 1.31. The molecule has 3 N–H and O–H groups in total. The van der Waals surface area contributed by atoms with Crippen molar-refractivity contribution in [1.29, 1.82) is 0 Å². The molecule has 0 fully saturated rings. The third kappa shape index (κ3) is 5.92. The number of anilines is 3. The van der Waals surface area contributed by atoms with Gasteiger partial charge in [0.15, 0.2) is 0 Å². The molecule has 154 valence electrons. The van der Waals surface area contributed by atoms with Crippen LogP contribution in [0, 0.1) is 6.92 Å². The summed E-state index contributed by atoms with van der Waals surface area (Å²) in [5.41, 5.74) is 3.48. The summed E-state index contributed by atoms with van der Waals surface area (Å²) in [6, 6.07) is 19.2. The van der Waals surface area contributed by atoms with Crippen LogP contribution in [-0.2, 0) is 4.74 Å². The van der Waals surface area contributed by atoms with E-state index in [1.54, 1.807) is 24.3 Å². The summed E-state index contributed by atoms with van der Waals surface area (Å²) < 4.78 is 7.95. The highest BCUT2D eigenvalue weighted by Gasteiger charge is 2.09. The average Bonchev–Trinajstić information content (AvgIpc) is 2.74. The first-order valence-corrected chi connectivity index (χ1v) is 10.2. The second-order valence-corrected chi connectivity index (χ2v) is 7.63. The number of nitrogens with one attached hydrogen (secondary N) is 3. The minimum Gasteiger partial charge on any atom is -0.465 e. The van der Waals surface area contributed by atoms with Gasteiger partial charge in [-0.15, -0.1) is 0 Å². The number of benzene rings is 3. The topological polar surface area (TPSA) is 79.5 Å². The minimum absolute atomic E-state index is 0.359. The lowest BCUT2D eigenvalue weighted by Gasteiger charge is -2.12. The molecule has 3 aromatic carbocycles. The highest BCUT2D eigenvalue weighted by molar-refractivity contribution is 8.00. The van der Waals surface area contributed by atoms with E-state index in [2.05, 4.69) is 15.4 Å². The lowest BCUT2D eigenvalue weighted by molar-refractivity contribution is 0.0600. The van der Waals surface area contributed by atoms with Crippen molar-refractivity contribution in [3.63, 3.8) is 0 Å². The highest BCUT2D eigenvalue weighted by atomic mass is 35.5. The molecule has 0 saturated heterocycles. The van der Waals surface area contributed by atoms with Gasteiger partial charge in [-0.25, -0.2) is 9.59 Å². The molecule has 3 aromatic rings. The molecular formula is C22H20ClN3O3S. The van der Waals surface area contributed by atoms with E-state index in [1.807, 2.05) is 49.4 Å². The zero-order valence-corrected chi connectivity index (χ0v) is 17.9. The number of hydrogen-bond donors (Lipinski definition) is 3. The molecule has 0 atom stereocenters. The quantitative estimate of drug-likeness (QED) is 0.313. The Kier molecular flexibility index (Phi) is 7.21. The maximum atomic E-state index is 12.4. The maximum absolute atomic E-state index is 12.4. The minimum atomic E-state index is -0.465. The summed E-state index contributed by atoms with van der Waals surface area (Å²) in [5, 5.41) is 6.19. The van der Waals surface area contributed by atoms with Crippen LogP contribution in [0.5, 0.6) is 0 Å². The SMILES string of the molecule is COC(=O)c1cccc(NC(=O)Nc2ccc(C)c(SNc3ccc(Cl)cc3)c2)c1. The van der Waals surface area contributed by atoms with Crippen LogP contribution in [0.25, 0.3) is 0 Å². The van der Waals surface area contributed by atoms with E-state index in [4.69, 9.17) is 16.3 Å². The Balaban J connectivity index is 1.63. The molecule has 8 heteroatoms. The lowest BCUT2D eigenvalue weighted by atomic mass is 10.2. The fraction of sp³-hybridized carbons (Fsp3) is 0.0909. The van der Waals surface area contributed by atoms with Crippen molar-refractivity contribution in [2.24, 2.45) is 0 Å². The van der Waals surface area contributed by atoms with Gasteiger partial charge in [-0.05, 0) is 79.0 Å². The lowest BCUT2D eigenvalue weighted by Crippen LogP contribution is -2.19. The van der Waals surface area contributed by atoms with E-state index in [-0.39, 0.29) is 0 Å². The number of amides is 2. The van der Waals surface area contributed by atoms with Gasteiger partial charge in [0, 0.05) is 27.0 Å². The number of aryl methyl sites for hydroxylation is 1. The van der Waals surface area contributed by atoms with Crippen molar-refractivity contribution in [1.82, 2.24) is 0 Å². The number of carbonyl (C=O) groups excluding carboxylic acids is 2. The van der Waals surface area contributed by atoms with Gasteiger partial charge in [-0.3, -0.25) is 0 Å². The molecule has 0 aliphatic carbocycles. The van der Waals surface area contributed by atoms with Crippen molar-refractivity contribution in [2.45, 2.75) is 11.8 Å². The van der Waals surface area contributed by atoms with E-state index in [0.29, 0.717) is 22.0 Å². The van der Waals surface area contributed by atoms with E-state index in [9.17, 15) is 9.59 Å². The van der Waals surface area contributed by atoms with Gasteiger partial charge < -0.3 is 20.1 Å². The van der Waals surface area contributed by atoms with Crippen molar-refractivity contribution in [3.05, 3.63) is 82.9 Å². The van der Waals surface area contributed by atoms with Crippen LogP contribution in [0.15, 0.2) is 71.6 Å². The van der Waals surface area contributed by atoms with Crippen LogP contribution in [-0.4, -0.2) is 19.1 Å². The van der Waals surface area contributed by atoms with Crippen LogP contribution >= 0.6 is 23.5 Å². The number of carbonyl (C=O) groups is 2. The van der Waals surface area contributed by atoms with Crippen molar-refractivity contribution < 1.29 is 14.3 Å². The van der Waals surface area contributed by atoms with Gasteiger partial charge in [-0.2, -0.15) is 0 Å². The predicted molar refractivity (Wildman–Crippen MR) is 123 cm³/mol. The molecule has 0 aromatic heterocycles. The number of rotatable bonds is 6. The van der Waals surface area contributed by atoms with Crippen molar-refractivity contribution >= 4 is 52.6 Å². The van der Waals surface area contributed by atoms with Gasteiger partial charge >= 0.3 is 12.0 Å². The number of esters is 1. The van der Waals surface area contributed by atoms with Gasteiger partial charge in [0.2, 0.25) is 0 Å². The number of methoxy groups -OCH3 is 1. The molecule has 0 bridgehead atoms. The monoisotopic (exact) mass is 441 g/mol. The normalized spacial score (nSPS) is 10.2. The molecule has 6 nitrogen and oxygen atoms in total. The number of hydrogen-bond acceptors (Lipinski definition) is 5. The Morgan fingerprint density at radius 1 is 0.900 bits per heavy atom. The van der Waals surface area contributed by atoms with Crippen molar-refractivity contribution in [2.75, 3.05) is 22.5 Å². The number of halogens is 1. The largest absolute Gasteiger partial charge is 0.465 e. The Hall–Kier alpha value is -3.16. The van der Waals surface area contributed by atoms with Gasteiger partial charge in [0.05, 0.1) is 12.7 Å². The Bertz CT molecular complexity index is 1060. The molecule has 30 heavy (non-hydrogen) atoms. The molecule has 0 unspecified atom stereocenters. The zero-order valence-electron chi connectivity index (χ0n) is 16.4. The van der Waals surface area contributed by atoms with Crippen LogP contribution in [0.2, 0.25) is 5.02 Å². The molecule has 0 aliphatic heterocycles. The van der Waals surface area contributed by atoms with Crippen LogP contribution < -0.4 is 15.4 Å². The molecule has 0 spiro atoms. The summed E-state index contributed by atoms with van der Waals surface area (Å²) >= 11 is 7.35. The standard InChI is InChI=1S/C22H20ClN3O3S/c1-14-6-9-19(13-20(14)30-26-17-10-7-16(23)8-11-17)25-22(28)24-18-5-3-4-15(12-18)21(27)29-2/h3-13,26H,1-2H3,(H2,24,25,28). The van der Waals surface area contributed by atoms with E-state index in [0.717, 1.165) is 16.1 Å². The Morgan fingerprint density at radius 2 is 1.57 bits per heavy atom. The summed E-state index contributed by atoms with van der Waals surface area (Å²) in [6.07, 6.45) is 0. The smallest absolute Gasteiger partial charge is 0.337 e. The maximum Gasteiger partial charge on any atom is 0.337 e. The predicted octanol–water partition coefficient (Wildman–Crippen LogP) is 6.20. The Labute approximate surface area is 184 Å². The van der Waals surface area contributed by atoms with Crippen LogP contribution in [0.3, 0.4) is 0 Å². The van der Waals surface area contributed by atoms with Gasteiger partial charge in [0.25, 0.3) is 0 Å². The molecule has 0 aliphatic rings. The molecule has 0 saturated carbocycles. The van der Waals surface area contributed by atoms with E-state index >= 15 is 0 Å². The average molecular weight is 442 g/mol. The first-order chi connectivity index (χ1) is 14.4. The molecule has 2 amide bonds. The van der Waals surface area contributed by atoms with Crippen LogP contribution in [0.4, 0.5) is 21.9 Å². The third-order valence-corrected chi connectivity index (χ3v) is 5.36. The summed E-state index contributed by atoms with van der Waals surface area (Å²) in [4.78, 5) is 25.0. The fourth-order valence-electron chi connectivity index (χ4n) is 2.55. The molecule has 0 heterocycles.